The number of likely N-dealkylation sites (tertiary alicyclic amines) is 1. The van der Waals surface area contributed by atoms with Crippen molar-refractivity contribution >= 4 is 11.3 Å². The van der Waals surface area contributed by atoms with Crippen LogP contribution in [0.25, 0.3) is 0 Å². The Hall–Kier alpha value is -0.450. The van der Waals surface area contributed by atoms with Crippen molar-refractivity contribution in [2.75, 3.05) is 13.1 Å². The first kappa shape index (κ1) is 9.12. The molecule has 1 N–H and O–H groups in total. The highest BCUT2D eigenvalue weighted by Gasteiger charge is 2.36. The quantitative estimate of drug-likeness (QED) is 0.770. The van der Waals surface area contributed by atoms with Gasteiger partial charge in [0.1, 0.15) is 0 Å². The maximum Gasteiger partial charge on any atom is 0.0897 e. The zero-order valence-electron chi connectivity index (χ0n) is 7.95. The highest BCUT2D eigenvalue weighted by atomic mass is 32.1. The van der Waals surface area contributed by atoms with E-state index in [1.807, 2.05) is 20.0 Å². The van der Waals surface area contributed by atoms with Crippen molar-refractivity contribution in [3.63, 3.8) is 0 Å². The van der Waals surface area contributed by atoms with Gasteiger partial charge < -0.3 is 5.11 Å². The molecule has 0 amide bonds. The number of hydrogen-bond donors (Lipinski definition) is 1. The van der Waals surface area contributed by atoms with Crippen LogP contribution in [0.1, 0.15) is 16.8 Å². The number of aryl methyl sites for hydroxylation is 1. The van der Waals surface area contributed by atoms with Crippen molar-refractivity contribution in [3.05, 3.63) is 16.1 Å². The minimum Gasteiger partial charge on any atom is -0.388 e. The molecule has 1 aromatic rings. The van der Waals surface area contributed by atoms with E-state index >= 15 is 0 Å². The van der Waals surface area contributed by atoms with Crippen molar-refractivity contribution in [3.8, 4) is 0 Å². The standard InChI is InChI=1S/C9H14N2OS/c1-7-10-3-8(13-7)4-11-5-9(2,12)6-11/h3,12H,4-6H2,1-2H3. The van der Waals surface area contributed by atoms with Crippen LogP contribution in [-0.2, 0) is 6.54 Å². The number of thiazole rings is 1. The van der Waals surface area contributed by atoms with Gasteiger partial charge in [0, 0.05) is 30.7 Å². The van der Waals surface area contributed by atoms with Gasteiger partial charge in [0.25, 0.3) is 0 Å². The van der Waals surface area contributed by atoms with Crippen LogP contribution in [0.5, 0.6) is 0 Å². The van der Waals surface area contributed by atoms with Gasteiger partial charge in [-0.2, -0.15) is 0 Å². The number of hydrogen-bond acceptors (Lipinski definition) is 4. The third-order valence-corrected chi connectivity index (χ3v) is 3.07. The monoisotopic (exact) mass is 198 g/mol. The van der Waals surface area contributed by atoms with Crippen LogP contribution < -0.4 is 0 Å². The van der Waals surface area contributed by atoms with E-state index in [2.05, 4.69) is 9.88 Å². The predicted molar refractivity (Wildman–Crippen MR) is 52.8 cm³/mol. The van der Waals surface area contributed by atoms with Gasteiger partial charge in [0.15, 0.2) is 0 Å². The molecule has 1 aliphatic heterocycles. The number of β-amino-alcohol motifs (C(OH)–C–C–N with tert-alkyl or cyclic N) is 1. The molecule has 4 heteroatoms. The largest absolute Gasteiger partial charge is 0.388 e. The summed E-state index contributed by atoms with van der Waals surface area (Å²) >= 11 is 1.73. The zero-order chi connectivity index (χ0) is 9.47. The van der Waals surface area contributed by atoms with Gasteiger partial charge in [-0.3, -0.25) is 4.90 Å². The highest BCUT2D eigenvalue weighted by Crippen LogP contribution is 2.23. The first-order valence-electron chi connectivity index (χ1n) is 4.41. The lowest BCUT2D eigenvalue weighted by molar-refractivity contribution is -0.0867. The van der Waals surface area contributed by atoms with E-state index in [-0.39, 0.29) is 0 Å². The Kier molecular flexibility index (Phi) is 2.14. The molecular weight excluding hydrogens is 184 g/mol. The normalized spacial score (nSPS) is 21.5. The molecule has 1 saturated heterocycles. The summed E-state index contributed by atoms with van der Waals surface area (Å²) in [5.41, 5.74) is -0.459. The third-order valence-electron chi connectivity index (χ3n) is 2.18. The van der Waals surface area contributed by atoms with Gasteiger partial charge in [0.05, 0.1) is 10.6 Å². The van der Waals surface area contributed by atoms with Crippen LogP contribution in [0.3, 0.4) is 0 Å². The fourth-order valence-corrected chi connectivity index (χ4v) is 2.57. The summed E-state index contributed by atoms with van der Waals surface area (Å²) in [6, 6.07) is 0. The molecule has 2 heterocycles. The second-order valence-corrected chi connectivity index (χ2v) is 5.31. The molecule has 0 bridgehead atoms. The molecule has 0 atom stereocenters. The Morgan fingerprint density at radius 2 is 2.38 bits per heavy atom. The Balaban J connectivity index is 1.87. The smallest absolute Gasteiger partial charge is 0.0897 e. The SMILES string of the molecule is Cc1ncc(CN2CC(C)(O)C2)s1. The van der Waals surface area contributed by atoms with Crippen LogP contribution in [0.4, 0.5) is 0 Å². The fourth-order valence-electron chi connectivity index (χ4n) is 1.73. The van der Waals surface area contributed by atoms with Gasteiger partial charge in [0.2, 0.25) is 0 Å². The molecule has 2 rings (SSSR count). The molecule has 1 aliphatic rings. The van der Waals surface area contributed by atoms with Crippen LogP contribution in [-0.4, -0.2) is 33.7 Å². The van der Waals surface area contributed by atoms with Crippen molar-refractivity contribution < 1.29 is 5.11 Å². The summed E-state index contributed by atoms with van der Waals surface area (Å²) in [4.78, 5) is 7.71. The molecule has 3 nitrogen and oxygen atoms in total. The molecule has 13 heavy (non-hydrogen) atoms. The molecule has 0 unspecified atom stereocenters. The molecule has 0 aliphatic carbocycles. The van der Waals surface area contributed by atoms with E-state index in [1.54, 1.807) is 11.3 Å². The number of rotatable bonds is 2. The Morgan fingerprint density at radius 1 is 1.69 bits per heavy atom. The topological polar surface area (TPSA) is 36.4 Å². The van der Waals surface area contributed by atoms with Gasteiger partial charge in [-0.1, -0.05) is 0 Å². The van der Waals surface area contributed by atoms with Crippen molar-refractivity contribution in [2.24, 2.45) is 0 Å². The maximum atomic E-state index is 9.51. The number of aromatic nitrogens is 1. The van der Waals surface area contributed by atoms with Crippen molar-refractivity contribution in [1.82, 2.24) is 9.88 Å². The Morgan fingerprint density at radius 3 is 2.85 bits per heavy atom. The summed E-state index contributed by atoms with van der Waals surface area (Å²) in [5.74, 6) is 0. The van der Waals surface area contributed by atoms with Crippen LogP contribution >= 0.6 is 11.3 Å². The lowest BCUT2D eigenvalue weighted by Crippen LogP contribution is -2.59. The summed E-state index contributed by atoms with van der Waals surface area (Å²) in [6.07, 6.45) is 1.92. The predicted octanol–water partition coefficient (Wildman–Crippen LogP) is 1.02. The van der Waals surface area contributed by atoms with Gasteiger partial charge in [-0.05, 0) is 13.8 Å². The molecule has 1 aromatic heterocycles. The number of nitrogens with zero attached hydrogens (tertiary/aromatic N) is 2. The lowest BCUT2D eigenvalue weighted by atomic mass is 9.97. The summed E-state index contributed by atoms with van der Waals surface area (Å²) in [7, 11) is 0. The van der Waals surface area contributed by atoms with Gasteiger partial charge in [-0.15, -0.1) is 11.3 Å². The highest BCUT2D eigenvalue weighted by molar-refractivity contribution is 7.11. The molecular formula is C9H14N2OS. The van der Waals surface area contributed by atoms with E-state index in [9.17, 15) is 5.11 Å². The van der Waals surface area contributed by atoms with Crippen LogP contribution in [0.2, 0.25) is 0 Å². The van der Waals surface area contributed by atoms with Gasteiger partial charge >= 0.3 is 0 Å². The Bertz CT molecular complexity index is 300. The molecule has 0 spiro atoms. The van der Waals surface area contributed by atoms with Crippen molar-refractivity contribution in [1.29, 1.82) is 0 Å². The first-order valence-corrected chi connectivity index (χ1v) is 5.23. The fraction of sp³-hybridized carbons (Fsp3) is 0.667. The van der Waals surface area contributed by atoms with Gasteiger partial charge in [-0.25, -0.2) is 4.98 Å². The second kappa shape index (κ2) is 3.04. The average Bonchev–Trinajstić information content (AvgIpc) is 2.31. The number of aliphatic hydroxyl groups is 1. The first-order chi connectivity index (χ1) is 6.05. The van der Waals surface area contributed by atoms with E-state index in [4.69, 9.17) is 0 Å². The van der Waals surface area contributed by atoms with Crippen LogP contribution in [0, 0.1) is 6.92 Å². The lowest BCUT2D eigenvalue weighted by Gasteiger charge is -2.43. The summed E-state index contributed by atoms with van der Waals surface area (Å²) in [5, 5.41) is 10.6. The minimum absolute atomic E-state index is 0.459. The summed E-state index contributed by atoms with van der Waals surface area (Å²) < 4.78 is 0. The zero-order valence-corrected chi connectivity index (χ0v) is 8.77. The summed E-state index contributed by atoms with van der Waals surface area (Å²) in [6.45, 7) is 6.39. The molecule has 0 saturated carbocycles. The molecule has 1 fully saturated rings. The third kappa shape index (κ3) is 2.07. The van der Waals surface area contributed by atoms with E-state index in [0.717, 1.165) is 24.6 Å². The molecule has 72 valence electrons. The second-order valence-electron chi connectivity index (χ2n) is 3.99. The molecule has 0 radical (unpaired) electrons. The average molecular weight is 198 g/mol. The van der Waals surface area contributed by atoms with E-state index in [1.165, 1.54) is 4.88 Å². The molecule has 0 aromatic carbocycles. The minimum atomic E-state index is -0.459. The van der Waals surface area contributed by atoms with E-state index < -0.39 is 5.60 Å². The Labute approximate surface area is 82.0 Å². The van der Waals surface area contributed by atoms with Crippen molar-refractivity contribution in [2.45, 2.75) is 26.0 Å². The van der Waals surface area contributed by atoms with E-state index in [0.29, 0.717) is 0 Å². The maximum absolute atomic E-state index is 9.51. The van der Waals surface area contributed by atoms with Crippen LogP contribution in [0.15, 0.2) is 6.20 Å².